The van der Waals surface area contributed by atoms with Crippen molar-refractivity contribution in [3.8, 4) is 0 Å². The van der Waals surface area contributed by atoms with Crippen molar-refractivity contribution in [1.82, 2.24) is 4.90 Å². The Bertz CT molecular complexity index is 1010. The lowest BCUT2D eigenvalue weighted by Crippen LogP contribution is -2.39. The smallest absolute Gasteiger partial charge is 0.274 e. The zero-order chi connectivity index (χ0) is 24.4. The van der Waals surface area contributed by atoms with Crippen molar-refractivity contribution < 1.29 is 44.7 Å². The highest BCUT2D eigenvalue weighted by molar-refractivity contribution is 6.11. The number of benzene rings is 2. The van der Waals surface area contributed by atoms with E-state index in [-0.39, 0.29) is 35.4 Å². The van der Waals surface area contributed by atoms with E-state index in [1.165, 1.54) is 0 Å². The molecule has 11 heteroatoms. The average Bonchev–Trinajstić information content (AvgIpc) is 2.65. The van der Waals surface area contributed by atoms with Crippen molar-refractivity contribution in [2.24, 2.45) is 5.92 Å². The van der Waals surface area contributed by atoms with Crippen LogP contribution in [0.3, 0.4) is 0 Å². The van der Waals surface area contributed by atoms with Gasteiger partial charge >= 0.3 is 12.4 Å². The van der Waals surface area contributed by atoms with E-state index in [4.69, 9.17) is 0 Å². The van der Waals surface area contributed by atoms with Gasteiger partial charge < -0.3 is 0 Å². The Labute approximate surface area is 177 Å². The van der Waals surface area contributed by atoms with Crippen LogP contribution in [0.1, 0.15) is 52.1 Å². The minimum absolute atomic E-state index is 0.0790. The molecule has 32 heavy (non-hydrogen) atoms. The number of nitrogens with zero attached hydrogens (tertiary/aromatic N) is 1. The Balaban J connectivity index is 2.59. The number of alkyl halides is 6. The van der Waals surface area contributed by atoms with Gasteiger partial charge in [-0.25, -0.2) is 8.78 Å². The van der Waals surface area contributed by atoms with Crippen LogP contribution >= 0.6 is 0 Å². The molecular weight excluding hydrogens is 450 g/mol. The Hall–Kier alpha value is -2.98. The zero-order valence-corrected chi connectivity index (χ0v) is 16.7. The number of rotatable bonds is 5. The Morgan fingerprint density at radius 1 is 0.844 bits per heavy atom. The quantitative estimate of drug-likeness (QED) is 0.381. The van der Waals surface area contributed by atoms with Crippen LogP contribution in [-0.4, -0.2) is 23.3 Å². The summed E-state index contributed by atoms with van der Waals surface area (Å²) in [4.78, 5) is 26.0. The summed E-state index contributed by atoms with van der Waals surface area (Å²) < 4.78 is 106. The molecule has 2 rings (SSSR count). The number of carbonyl (C=O) groups excluding carboxylic acids is 2. The molecule has 0 aliphatic heterocycles. The molecule has 0 atom stereocenters. The van der Waals surface area contributed by atoms with Gasteiger partial charge in [-0.1, -0.05) is 13.8 Å². The lowest BCUT2D eigenvalue weighted by atomic mass is 10.0. The molecule has 0 spiro atoms. The van der Waals surface area contributed by atoms with E-state index in [1.807, 2.05) is 0 Å². The van der Waals surface area contributed by atoms with Gasteiger partial charge in [0.15, 0.2) is 0 Å². The van der Waals surface area contributed by atoms with Gasteiger partial charge in [0.25, 0.3) is 11.8 Å². The molecule has 0 bridgehead atoms. The highest BCUT2D eigenvalue weighted by Crippen LogP contribution is 2.34. The maximum atomic E-state index is 13.7. The molecule has 0 aliphatic rings. The first-order valence-corrected chi connectivity index (χ1v) is 9.22. The summed E-state index contributed by atoms with van der Waals surface area (Å²) in [5.41, 5.74) is -5.12. The summed E-state index contributed by atoms with van der Waals surface area (Å²) in [6.07, 6.45) is -10.0. The van der Waals surface area contributed by atoms with Crippen LogP contribution < -0.4 is 0 Å². The van der Waals surface area contributed by atoms with Gasteiger partial charge in [-0.05, 0) is 48.7 Å². The van der Waals surface area contributed by atoms with Crippen LogP contribution in [0, 0.1) is 17.6 Å². The number of halogens is 8. The molecule has 0 unspecified atom stereocenters. The Morgan fingerprint density at radius 3 is 2.00 bits per heavy atom. The van der Waals surface area contributed by atoms with Gasteiger partial charge in [0, 0.05) is 12.1 Å². The number of amides is 2. The topological polar surface area (TPSA) is 37.4 Å². The van der Waals surface area contributed by atoms with Gasteiger partial charge in [-0.15, -0.1) is 0 Å². The van der Waals surface area contributed by atoms with Crippen LogP contribution in [0.4, 0.5) is 35.1 Å². The number of hydrogen-bond donors (Lipinski definition) is 0. The maximum Gasteiger partial charge on any atom is 0.417 e. The summed E-state index contributed by atoms with van der Waals surface area (Å²) >= 11 is 0. The van der Waals surface area contributed by atoms with E-state index in [1.54, 1.807) is 13.8 Å². The molecule has 2 amide bonds. The third-order valence-corrected chi connectivity index (χ3v) is 4.41. The second kappa shape index (κ2) is 9.25. The standard InChI is InChI=1S/C21H17F8NO2/c1-11(2)5-6-30(18(31)12-7-13(20(24,25)26)9-15(23)8-12)19(32)16-10-14(22)3-4-17(16)21(27,28)29/h3-4,7-11H,5-6H2,1-2H3. The molecule has 0 N–H and O–H groups in total. The molecule has 174 valence electrons. The second-order valence-electron chi connectivity index (χ2n) is 7.36. The van der Waals surface area contributed by atoms with Crippen molar-refractivity contribution in [2.45, 2.75) is 32.6 Å². The van der Waals surface area contributed by atoms with Gasteiger partial charge in [0.05, 0.1) is 16.7 Å². The van der Waals surface area contributed by atoms with Crippen molar-refractivity contribution >= 4 is 11.8 Å². The van der Waals surface area contributed by atoms with Gasteiger partial charge in [-0.3, -0.25) is 14.5 Å². The number of imide groups is 1. The Morgan fingerprint density at radius 2 is 1.47 bits per heavy atom. The zero-order valence-electron chi connectivity index (χ0n) is 16.7. The van der Waals surface area contributed by atoms with Crippen LogP contribution in [0.5, 0.6) is 0 Å². The summed E-state index contributed by atoms with van der Waals surface area (Å²) in [6, 6.07) is 1.93. The molecule has 0 aromatic heterocycles. The largest absolute Gasteiger partial charge is 0.417 e. The first kappa shape index (κ1) is 25.3. The number of hydrogen-bond acceptors (Lipinski definition) is 2. The molecule has 0 radical (unpaired) electrons. The SMILES string of the molecule is CC(C)CCN(C(=O)c1cc(F)cc(C(F)(F)F)c1)C(=O)c1cc(F)ccc1C(F)(F)F. The first-order chi connectivity index (χ1) is 14.6. The molecule has 3 nitrogen and oxygen atoms in total. The second-order valence-corrected chi connectivity index (χ2v) is 7.36. The fraction of sp³-hybridized carbons (Fsp3) is 0.333. The summed E-state index contributed by atoms with van der Waals surface area (Å²) in [7, 11) is 0. The minimum atomic E-state index is -5.08. The predicted molar refractivity (Wildman–Crippen MR) is 97.6 cm³/mol. The minimum Gasteiger partial charge on any atom is -0.274 e. The summed E-state index contributed by atoms with van der Waals surface area (Å²) in [5, 5.41) is 0. The molecule has 0 saturated carbocycles. The van der Waals surface area contributed by atoms with Crippen LogP contribution in [0.15, 0.2) is 36.4 Å². The van der Waals surface area contributed by atoms with E-state index in [0.717, 1.165) is 0 Å². The van der Waals surface area contributed by atoms with E-state index in [2.05, 4.69) is 0 Å². The van der Waals surface area contributed by atoms with Crippen LogP contribution in [-0.2, 0) is 12.4 Å². The van der Waals surface area contributed by atoms with E-state index < -0.39 is 64.6 Å². The fourth-order valence-corrected chi connectivity index (χ4v) is 2.80. The van der Waals surface area contributed by atoms with Gasteiger partial charge in [0.2, 0.25) is 0 Å². The first-order valence-electron chi connectivity index (χ1n) is 9.22. The van der Waals surface area contributed by atoms with Crippen LogP contribution in [0.2, 0.25) is 0 Å². The lowest BCUT2D eigenvalue weighted by Gasteiger charge is -2.24. The summed E-state index contributed by atoms with van der Waals surface area (Å²) in [5.74, 6) is -5.80. The normalized spacial score (nSPS) is 12.2. The van der Waals surface area contributed by atoms with Gasteiger partial charge in [0.1, 0.15) is 11.6 Å². The molecule has 2 aromatic carbocycles. The molecular formula is C21H17F8NO2. The summed E-state index contributed by atoms with van der Waals surface area (Å²) in [6.45, 7) is 2.85. The van der Waals surface area contributed by atoms with Crippen molar-refractivity contribution in [2.75, 3.05) is 6.54 Å². The van der Waals surface area contributed by atoms with Crippen LogP contribution in [0.25, 0.3) is 0 Å². The highest BCUT2D eigenvalue weighted by Gasteiger charge is 2.38. The molecule has 0 saturated heterocycles. The van der Waals surface area contributed by atoms with E-state index in [0.29, 0.717) is 18.2 Å². The van der Waals surface area contributed by atoms with Crippen molar-refractivity contribution in [3.63, 3.8) is 0 Å². The monoisotopic (exact) mass is 467 g/mol. The maximum absolute atomic E-state index is 13.7. The lowest BCUT2D eigenvalue weighted by molar-refractivity contribution is -0.138. The third kappa shape index (κ3) is 6.04. The Kier molecular flexibility index (Phi) is 7.31. The van der Waals surface area contributed by atoms with E-state index >= 15 is 0 Å². The molecule has 2 aromatic rings. The average molecular weight is 467 g/mol. The fourth-order valence-electron chi connectivity index (χ4n) is 2.80. The molecule has 0 fully saturated rings. The highest BCUT2D eigenvalue weighted by atomic mass is 19.4. The van der Waals surface area contributed by atoms with Crippen molar-refractivity contribution in [1.29, 1.82) is 0 Å². The van der Waals surface area contributed by atoms with E-state index in [9.17, 15) is 44.7 Å². The van der Waals surface area contributed by atoms with Crippen molar-refractivity contribution in [3.05, 3.63) is 70.3 Å². The van der Waals surface area contributed by atoms with Gasteiger partial charge in [-0.2, -0.15) is 26.3 Å². The molecule has 0 aliphatic carbocycles. The molecule has 0 heterocycles. The predicted octanol–water partition coefficient (Wildman–Crippen LogP) is 6.33. The number of carbonyl (C=O) groups is 2. The third-order valence-electron chi connectivity index (χ3n) is 4.41.